The van der Waals surface area contributed by atoms with E-state index in [2.05, 4.69) is 9.73 Å². The van der Waals surface area contributed by atoms with Gasteiger partial charge in [-0.15, -0.1) is 0 Å². The second-order valence-corrected chi connectivity index (χ2v) is 3.59. The van der Waals surface area contributed by atoms with E-state index in [9.17, 15) is 14.4 Å². The van der Waals surface area contributed by atoms with Crippen LogP contribution in [0.15, 0.2) is 4.99 Å². The number of unbranched alkanes of at least 4 members (excludes halogenated alkanes) is 1. The van der Waals surface area contributed by atoms with E-state index in [1.807, 2.05) is 6.92 Å². The zero-order chi connectivity index (χ0) is 12.8. The van der Waals surface area contributed by atoms with E-state index < -0.39 is 17.9 Å². The number of carbonyl (C=O) groups excluding carboxylic acids is 3. The van der Waals surface area contributed by atoms with Gasteiger partial charge in [-0.3, -0.25) is 14.6 Å². The Kier molecular flexibility index (Phi) is 4.81. The fourth-order valence-electron chi connectivity index (χ4n) is 1.41. The van der Waals surface area contributed by atoms with Crippen LogP contribution in [0.5, 0.6) is 0 Å². The largest absolute Gasteiger partial charge is 0.449 e. The van der Waals surface area contributed by atoms with Crippen molar-refractivity contribution in [1.29, 1.82) is 0 Å². The molecular weight excluding hydrogens is 224 g/mol. The first-order valence-electron chi connectivity index (χ1n) is 5.69. The van der Waals surface area contributed by atoms with Crippen molar-refractivity contribution in [3.05, 3.63) is 0 Å². The predicted molar refractivity (Wildman–Crippen MR) is 60.7 cm³/mol. The molecule has 1 heterocycles. The second kappa shape index (κ2) is 6.12. The number of aliphatic imine (C=N–C) groups is 1. The molecule has 0 aromatic carbocycles. The van der Waals surface area contributed by atoms with E-state index in [-0.39, 0.29) is 18.7 Å². The van der Waals surface area contributed by atoms with Crippen LogP contribution in [0.25, 0.3) is 0 Å². The van der Waals surface area contributed by atoms with Crippen LogP contribution >= 0.6 is 0 Å². The topological polar surface area (TPSA) is 76.0 Å². The van der Waals surface area contributed by atoms with Gasteiger partial charge in [0.1, 0.15) is 5.71 Å². The van der Waals surface area contributed by atoms with E-state index in [0.29, 0.717) is 11.4 Å². The number of likely N-dealkylation sites (tertiary alicyclic amines) is 1. The lowest BCUT2D eigenvalue weighted by molar-refractivity contribution is -0.134. The molecule has 6 nitrogen and oxygen atoms in total. The van der Waals surface area contributed by atoms with Crippen molar-refractivity contribution >= 4 is 23.6 Å². The summed E-state index contributed by atoms with van der Waals surface area (Å²) >= 11 is 0. The van der Waals surface area contributed by atoms with Crippen LogP contribution in [0.2, 0.25) is 0 Å². The average Bonchev–Trinajstić information content (AvgIpc) is 2.55. The number of imide groups is 3. The molecule has 1 aliphatic heterocycles. The van der Waals surface area contributed by atoms with Gasteiger partial charge in [-0.05, 0) is 13.3 Å². The summed E-state index contributed by atoms with van der Waals surface area (Å²) in [6.07, 6.45) is 0.787. The maximum absolute atomic E-state index is 11.7. The van der Waals surface area contributed by atoms with Gasteiger partial charge in [0.15, 0.2) is 0 Å². The van der Waals surface area contributed by atoms with E-state index in [0.717, 1.165) is 12.8 Å². The molecule has 6 heteroatoms. The fourth-order valence-corrected chi connectivity index (χ4v) is 1.41. The molecule has 0 N–H and O–H groups in total. The van der Waals surface area contributed by atoms with Crippen LogP contribution in [0.3, 0.4) is 0 Å². The fraction of sp³-hybridized carbons (Fsp3) is 0.636. The Morgan fingerprint density at radius 1 is 1.41 bits per heavy atom. The Bertz CT molecular complexity index is 362. The third-order valence-electron chi connectivity index (χ3n) is 2.28. The lowest BCUT2D eigenvalue weighted by Gasteiger charge is -2.09. The summed E-state index contributed by atoms with van der Waals surface area (Å²) in [5.41, 5.74) is 0.150. The summed E-state index contributed by atoms with van der Waals surface area (Å²) in [6, 6.07) is 0. The molecule has 0 aliphatic carbocycles. The SMILES string of the molecule is CCCCN=C1CC(=O)N(C(=O)OCC)C1=O. The molecule has 0 bridgehead atoms. The molecule has 17 heavy (non-hydrogen) atoms. The molecule has 1 rings (SSSR count). The normalized spacial score (nSPS) is 18.0. The van der Waals surface area contributed by atoms with Crippen molar-refractivity contribution in [2.45, 2.75) is 33.1 Å². The molecule has 3 amide bonds. The molecule has 0 radical (unpaired) electrons. The monoisotopic (exact) mass is 240 g/mol. The van der Waals surface area contributed by atoms with E-state index >= 15 is 0 Å². The third kappa shape index (κ3) is 3.12. The third-order valence-corrected chi connectivity index (χ3v) is 2.28. The summed E-state index contributed by atoms with van der Waals surface area (Å²) in [5.74, 6) is -1.21. The van der Waals surface area contributed by atoms with Gasteiger partial charge in [-0.25, -0.2) is 4.79 Å². The molecule has 0 unspecified atom stereocenters. The molecule has 0 spiro atoms. The number of hydrogen-bond donors (Lipinski definition) is 0. The summed E-state index contributed by atoms with van der Waals surface area (Å²) in [4.78, 5) is 39.1. The number of rotatable bonds is 4. The van der Waals surface area contributed by atoms with Gasteiger partial charge in [0.2, 0.25) is 5.91 Å². The Morgan fingerprint density at radius 2 is 2.12 bits per heavy atom. The molecular formula is C11H16N2O4. The quantitative estimate of drug-likeness (QED) is 0.545. The minimum Gasteiger partial charge on any atom is -0.449 e. The highest BCUT2D eigenvalue weighted by Crippen LogP contribution is 2.12. The van der Waals surface area contributed by atoms with Crippen molar-refractivity contribution < 1.29 is 19.1 Å². The first-order chi connectivity index (χ1) is 8.11. The molecule has 0 aromatic rings. The van der Waals surface area contributed by atoms with Gasteiger partial charge in [0, 0.05) is 6.54 Å². The number of amides is 3. The zero-order valence-electron chi connectivity index (χ0n) is 10.1. The Hall–Kier alpha value is -1.72. The lowest BCUT2D eigenvalue weighted by atomic mass is 10.3. The molecule has 0 saturated carbocycles. The van der Waals surface area contributed by atoms with E-state index in [1.165, 1.54) is 0 Å². The van der Waals surface area contributed by atoms with Crippen LogP contribution in [0.4, 0.5) is 4.79 Å². The van der Waals surface area contributed by atoms with Crippen LogP contribution < -0.4 is 0 Å². The average molecular weight is 240 g/mol. The first-order valence-corrected chi connectivity index (χ1v) is 5.69. The van der Waals surface area contributed by atoms with Crippen LogP contribution in [-0.2, 0) is 14.3 Å². The maximum atomic E-state index is 11.7. The minimum atomic E-state index is -0.914. The van der Waals surface area contributed by atoms with Gasteiger partial charge in [-0.1, -0.05) is 13.3 Å². The molecule has 0 atom stereocenters. The highest BCUT2D eigenvalue weighted by atomic mass is 16.6. The van der Waals surface area contributed by atoms with E-state index in [4.69, 9.17) is 0 Å². The van der Waals surface area contributed by atoms with Gasteiger partial charge in [-0.2, -0.15) is 4.90 Å². The summed E-state index contributed by atoms with van der Waals surface area (Å²) < 4.78 is 4.63. The number of hydrogen-bond acceptors (Lipinski definition) is 5. The first kappa shape index (κ1) is 13.3. The molecule has 1 aliphatic rings. The predicted octanol–water partition coefficient (Wildman–Crippen LogP) is 1.14. The Labute approximate surface area is 99.6 Å². The number of ether oxygens (including phenoxy) is 1. The summed E-state index contributed by atoms with van der Waals surface area (Å²) in [7, 11) is 0. The van der Waals surface area contributed by atoms with Crippen molar-refractivity contribution in [3.8, 4) is 0 Å². The lowest BCUT2D eigenvalue weighted by Crippen LogP contribution is -2.37. The van der Waals surface area contributed by atoms with Crippen LogP contribution in [0, 0.1) is 0 Å². The highest BCUT2D eigenvalue weighted by molar-refractivity contribution is 6.51. The standard InChI is InChI=1S/C11H16N2O4/c1-3-5-6-12-8-7-9(14)13(10(8)15)11(16)17-4-2/h3-7H2,1-2H3. The second-order valence-electron chi connectivity index (χ2n) is 3.59. The number of carbonyl (C=O) groups is 3. The van der Waals surface area contributed by atoms with Crippen molar-refractivity contribution in [1.82, 2.24) is 4.90 Å². The summed E-state index contributed by atoms with van der Waals surface area (Å²) in [6.45, 7) is 4.24. The maximum Gasteiger partial charge on any atom is 0.423 e. The van der Waals surface area contributed by atoms with Gasteiger partial charge in [0.05, 0.1) is 13.0 Å². The van der Waals surface area contributed by atoms with Gasteiger partial charge >= 0.3 is 6.09 Å². The Morgan fingerprint density at radius 3 is 2.71 bits per heavy atom. The van der Waals surface area contributed by atoms with Gasteiger partial charge in [0.25, 0.3) is 5.91 Å². The van der Waals surface area contributed by atoms with Crippen LogP contribution in [-0.4, -0.2) is 41.7 Å². The highest BCUT2D eigenvalue weighted by Gasteiger charge is 2.40. The molecule has 1 saturated heterocycles. The van der Waals surface area contributed by atoms with E-state index in [1.54, 1.807) is 6.92 Å². The van der Waals surface area contributed by atoms with Crippen LogP contribution in [0.1, 0.15) is 33.1 Å². The zero-order valence-corrected chi connectivity index (χ0v) is 10.1. The number of nitrogens with zero attached hydrogens (tertiary/aromatic N) is 2. The smallest absolute Gasteiger partial charge is 0.423 e. The van der Waals surface area contributed by atoms with Gasteiger partial charge < -0.3 is 4.74 Å². The molecule has 94 valence electrons. The summed E-state index contributed by atoms with van der Waals surface area (Å²) in [5, 5.41) is 0. The van der Waals surface area contributed by atoms with Crippen molar-refractivity contribution in [2.24, 2.45) is 4.99 Å². The Balaban J connectivity index is 2.71. The van der Waals surface area contributed by atoms with Crippen molar-refractivity contribution in [3.63, 3.8) is 0 Å². The molecule has 1 fully saturated rings. The minimum absolute atomic E-state index is 0.110. The van der Waals surface area contributed by atoms with Crippen molar-refractivity contribution in [2.75, 3.05) is 13.2 Å². The molecule has 0 aromatic heterocycles.